The van der Waals surface area contributed by atoms with Gasteiger partial charge in [0.2, 0.25) is 0 Å². The molecule has 0 aromatic heterocycles. The van der Waals surface area contributed by atoms with Gasteiger partial charge < -0.3 is 9.67 Å². The van der Waals surface area contributed by atoms with Crippen LogP contribution < -0.4 is 0 Å². The average molecular weight is 131 g/mol. The van der Waals surface area contributed by atoms with E-state index in [4.69, 9.17) is 5.11 Å². The third-order valence-corrected chi connectivity index (χ3v) is 3.06. The zero-order chi connectivity index (χ0) is 5.98. The van der Waals surface area contributed by atoms with Crippen molar-refractivity contribution in [1.29, 1.82) is 0 Å². The van der Waals surface area contributed by atoms with E-state index in [9.17, 15) is 0 Å². The minimum Gasteiger partial charge on any atom is -0.395 e. The van der Waals surface area contributed by atoms with E-state index in [1.165, 1.54) is 19.4 Å². The number of rotatable bonds is 1. The predicted octanol–water partition coefficient (Wildman–Crippen LogP) is -1.28. The molecule has 0 aromatic rings. The zero-order valence-electron chi connectivity index (χ0n) is 5.30. The molecule has 3 heteroatoms. The van der Waals surface area contributed by atoms with E-state index in [0.717, 1.165) is 10.4 Å². The van der Waals surface area contributed by atoms with Gasteiger partial charge in [-0.15, -0.1) is 0 Å². The van der Waals surface area contributed by atoms with E-state index in [1.54, 1.807) is 0 Å². The normalized spacial score (nSPS) is 31.9. The Kier molecular flexibility index (Phi) is 2.05. The van der Waals surface area contributed by atoms with Crippen molar-refractivity contribution in [2.45, 2.75) is 18.9 Å². The second-order valence-electron chi connectivity index (χ2n) is 2.46. The number of aliphatic hydroxyl groups is 1. The highest BCUT2D eigenvalue weighted by atomic mass is 28.2. The lowest BCUT2D eigenvalue weighted by Crippen LogP contribution is -2.29. The molecule has 0 radical (unpaired) electrons. The Balaban J connectivity index is 2.30. The molecule has 8 heavy (non-hydrogen) atoms. The smallest absolute Gasteiger partial charge is 0.0789 e. The monoisotopic (exact) mass is 131 g/mol. The number of hydrogen-bond acceptors (Lipinski definition) is 2. The Morgan fingerprint density at radius 1 is 1.75 bits per heavy atom. The molecule has 0 aliphatic carbocycles. The van der Waals surface area contributed by atoms with Gasteiger partial charge in [-0.3, -0.25) is 0 Å². The lowest BCUT2D eigenvalue weighted by molar-refractivity contribution is 0.217. The molecule has 0 saturated carbocycles. The summed E-state index contributed by atoms with van der Waals surface area (Å²) in [7, 11) is 1.12. The lowest BCUT2D eigenvalue weighted by Gasteiger charge is -2.15. The molecule has 1 aliphatic rings. The molecule has 1 heterocycles. The van der Waals surface area contributed by atoms with Crippen molar-refractivity contribution >= 4 is 10.4 Å². The van der Waals surface area contributed by atoms with E-state index in [1.807, 2.05) is 0 Å². The first-order valence-corrected chi connectivity index (χ1v) is 4.05. The van der Waals surface area contributed by atoms with Crippen molar-refractivity contribution in [3.8, 4) is 0 Å². The van der Waals surface area contributed by atoms with Gasteiger partial charge >= 0.3 is 0 Å². The van der Waals surface area contributed by atoms with Crippen LogP contribution >= 0.6 is 0 Å². The van der Waals surface area contributed by atoms with Gasteiger partial charge in [-0.1, -0.05) is 0 Å². The van der Waals surface area contributed by atoms with Crippen LogP contribution in [-0.4, -0.2) is 39.3 Å². The number of aliphatic hydroxyl groups excluding tert-OH is 1. The van der Waals surface area contributed by atoms with Crippen LogP contribution in [0.15, 0.2) is 0 Å². The zero-order valence-corrected chi connectivity index (χ0v) is 7.30. The Morgan fingerprint density at radius 2 is 2.50 bits per heavy atom. The molecule has 1 rings (SSSR count). The summed E-state index contributed by atoms with van der Waals surface area (Å²) in [6.45, 7) is 1.58. The fourth-order valence-corrected chi connectivity index (χ4v) is 1.95. The van der Waals surface area contributed by atoms with Crippen molar-refractivity contribution in [2.24, 2.45) is 0 Å². The molecule has 1 aliphatic heterocycles. The molecule has 1 N–H and O–H groups in total. The average Bonchev–Trinajstić information content (AvgIpc) is 2.14. The standard InChI is InChI=1S/C5H13NOSi/c7-4-5-2-1-3-6(5)8/h5,7H,1-4H2,8H3/t5-/m0/s1. The Labute approximate surface area is 53.0 Å². The fraction of sp³-hybridized carbons (Fsp3) is 1.00. The third kappa shape index (κ3) is 1.10. The van der Waals surface area contributed by atoms with Crippen LogP contribution in [0.4, 0.5) is 0 Å². The van der Waals surface area contributed by atoms with Crippen molar-refractivity contribution in [3.63, 3.8) is 0 Å². The first-order chi connectivity index (χ1) is 3.84. The van der Waals surface area contributed by atoms with Gasteiger partial charge in [-0.25, -0.2) is 0 Å². The summed E-state index contributed by atoms with van der Waals surface area (Å²) in [6, 6.07) is 0.515. The van der Waals surface area contributed by atoms with Crippen LogP contribution in [0.1, 0.15) is 12.8 Å². The first-order valence-electron chi connectivity index (χ1n) is 3.15. The summed E-state index contributed by atoms with van der Waals surface area (Å²) in [5.41, 5.74) is 0. The Bertz CT molecular complexity index is 78.8. The molecule has 0 bridgehead atoms. The Hall–Kier alpha value is 0.137. The SMILES string of the molecule is OC[C@@H]1CCCN1[SiH3]. The molecule has 1 fully saturated rings. The fourth-order valence-electron chi connectivity index (χ4n) is 1.21. The van der Waals surface area contributed by atoms with Crippen LogP contribution in [0, 0.1) is 0 Å². The maximum Gasteiger partial charge on any atom is 0.0789 e. The van der Waals surface area contributed by atoms with Gasteiger partial charge in [0, 0.05) is 6.04 Å². The molecule has 0 amide bonds. The lowest BCUT2D eigenvalue weighted by atomic mass is 10.2. The van der Waals surface area contributed by atoms with Crippen molar-refractivity contribution in [2.75, 3.05) is 13.2 Å². The highest BCUT2D eigenvalue weighted by molar-refractivity contribution is 6.04. The van der Waals surface area contributed by atoms with Gasteiger partial charge in [0.05, 0.1) is 17.0 Å². The highest BCUT2D eigenvalue weighted by Gasteiger charge is 2.18. The summed E-state index contributed by atoms with van der Waals surface area (Å²) in [5, 5.41) is 8.72. The van der Waals surface area contributed by atoms with E-state index in [2.05, 4.69) is 4.57 Å². The minimum atomic E-state index is 0.365. The molecule has 0 aromatic carbocycles. The third-order valence-electron chi connectivity index (χ3n) is 1.88. The van der Waals surface area contributed by atoms with Crippen LogP contribution in [0.2, 0.25) is 0 Å². The van der Waals surface area contributed by atoms with Gasteiger partial charge in [-0.05, 0) is 19.4 Å². The first kappa shape index (κ1) is 6.26. The summed E-state index contributed by atoms with van der Waals surface area (Å²) in [5.74, 6) is 0. The highest BCUT2D eigenvalue weighted by Crippen LogP contribution is 2.12. The minimum absolute atomic E-state index is 0.365. The van der Waals surface area contributed by atoms with Crippen molar-refractivity contribution < 1.29 is 5.11 Å². The van der Waals surface area contributed by atoms with Crippen LogP contribution in [-0.2, 0) is 0 Å². The number of nitrogens with zero attached hydrogens (tertiary/aromatic N) is 1. The van der Waals surface area contributed by atoms with E-state index >= 15 is 0 Å². The summed E-state index contributed by atoms with van der Waals surface area (Å²) >= 11 is 0. The van der Waals surface area contributed by atoms with Crippen molar-refractivity contribution in [1.82, 2.24) is 4.57 Å². The molecule has 0 unspecified atom stereocenters. The molecule has 0 spiro atoms. The van der Waals surface area contributed by atoms with Crippen molar-refractivity contribution in [3.05, 3.63) is 0 Å². The molecule has 2 nitrogen and oxygen atoms in total. The molecule has 48 valence electrons. The summed E-state index contributed by atoms with van der Waals surface area (Å²) in [4.78, 5) is 0. The molecular formula is C5H13NOSi. The predicted molar refractivity (Wildman–Crippen MR) is 36.8 cm³/mol. The maximum absolute atomic E-state index is 8.72. The molecular weight excluding hydrogens is 118 g/mol. The second-order valence-corrected chi connectivity index (χ2v) is 3.61. The van der Waals surface area contributed by atoms with Gasteiger partial charge in [-0.2, -0.15) is 0 Å². The van der Waals surface area contributed by atoms with Gasteiger partial charge in [0.1, 0.15) is 0 Å². The summed E-state index contributed by atoms with van der Waals surface area (Å²) < 4.78 is 2.35. The maximum atomic E-state index is 8.72. The van der Waals surface area contributed by atoms with Crippen LogP contribution in [0.3, 0.4) is 0 Å². The number of hydrogen-bond donors (Lipinski definition) is 1. The van der Waals surface area contributed by atoms with E-state index in [0.29, 0.717) is 12.6 Å². The molecule has 1 atom stereocenters. The Morgan fingerprint density at radius 3 is 2.75 bits per heavy atom. The van der Waals surface area contributed by atoms with Crippen LogP contribution in [0.5, 0.6) is 0 Å². The van der Waals surface area contributed by atoms with Gasteiger partial charge in [0.25, 0.3) is 0 Å². The van der Waals surface area contributed by atoms with E-state index < -0.39 is 0 Å². The van der Waals surface area contributed by atoms with Gasteiger partial charge in [0.15, 0.2) is 0 Å². The molecule has 1 saturated heterocycles. The quantitative estimate of drug-likeness (QED) is 0.448. The topological polar surface area (TPSA) is 23.5 Å². The van der Waals surface area contributed by atoms with E-state index in [-0.39, 0.29) is 0 Å². The second kappa shape index (κ2) is 2.62. The summed E-state index contributed by atoms with van der Waals surface area (Å²) in [6.07, 6.45) is 2.49. The largest absolute Gasteiger partial charge is 0.395 e. The van der Waals surface area contributed by atoms with Crippen LogP contribution in [0.25, 0.3) is 0 Å².